The molecule has 1 amide bonds. The van der Waals surface area contributed by atoms with Crippen molar-refractivity contribution in [1.29, 1.82) is 0 Å². The van der Waals surface area contributed by atoms with Gasteiger partial charge in [-0.15, -0.1) is 0 Å². The molecule has 21 heavy (non-hydrogen) atoms. The first-order chi connectivity index (χ1) is 9.66. The molecular weight excluding hydrogens is 361 g/mol. The second-order valence-electron chi connectivity index (χ2n) is 4.23. The third-order valence-corrected chi connectivity index (χ3v) is 4.58. The van der Waals surface area contributed by atoms with Gasteiger partial charge in [0.2, 0.25) is 0 Å². The van der Waals surface area contributed by atoms with Crippen molar-refractivity contribution in [2.24, 2.45) is 0 Å². The molecule has 1 unspecified atom stereocenters. The van der Waals surface area contributed by atoms with E-state index in [0.717, 1.165) is 6.07 Å². The highest BCUT2D eigenvalue weighted by atomic mass is 35.7. The van der Waals surface area contributed by atoms with E-state index in [-0.39, 0.29) is 26.5 Å². The molecule has 9 heteroatoms. The third kappa shape index (κ3) is 5.30. The maximum absolute atomic E-state index is 12.1. The van der Waals surface area contributed by atoms with Gasteiger partial charge in [0.25, 0.3) is 15.0 Å². The number of amides is 1. The van der Waals surface area contributed by atoms with E-state index in [1.807, 2.05) is 6.92 Å². The number of hydrogen-bond acceptors (Lipinski definition) is 4. The predicted octanol–water partition coefficient (Wildman–Crippen LogP) is 3.08. The summed E-state index contributed by atoms with van der Waals surface area (Å²) in [6, 6.07) is 1.95. The zero-order valence-electron chi connectivity index (χ0n) is 11.3. The standard InChI is InChI=1S/C12H14Cl3NO4S/c1-3-20-6-7(2)16-12(17)8-4-11(21(15,18)19)10(14)5-9(8)13/h4-5,7H,3,6H2,1-2H3,(H,16,17). The number of ether oxygens (including phenoxy) is 1. The fraction of sp³-hybridized carbons (Fsp3) is 0.417. The van der Waals surface area contributed by atoms with Crippen LogP contribution in [0, 0.1) is 0 Å². The second kappa shape index (κ2) is 7.65. The van der Waals surface area contributed by atoms with E-state index in [1.165, 1.54) is 6.07 Å². The lowest BCUT2D eigenvalue weighted by Crippen LogP contribution is -2.36. The van der Waals surface area contributed by atoms with Gasteiger partial charge in [-0.05, 0) is 26.0 Å². The number of carbonyl (C=O) groups is 1. The molecule has 0 saturated carbocycles. The van der Waals surface area contributed by atoms with Crippen molar-refractivity contribution < 1.29 is 17.9 Å². The van der Waals surface area contributed by atoms with Crippen LogP contribution in [0.3, 0.4) is 0 Å². The molecule has 0 aliphatic rings. The number of benzene rings is 1. The highest BCUT2D eigenvalue weighted by molar-refractivity contribution is 8.13. The topological polar surface area (TPSA) is 72.5 Å². The molecule has 118 valence electrons. The maximum atomic E-state index is 12.1. The van der Waals surface area contributed by atoms with Crippen molar-refractivity contribution >= 4 is 48.8 Å². The van der Waals surface area contributed by atoms with Crippen molar-refractivity contribution in [1.82, 2.24) is 5.32 Å². The normalized spacial score (nSPS) is 13.0. The van der Waals surface area contributed by atoms with E-state index in [1.54, 1.807) is 6.92 Å². The summed E-state index contributed by atoms with van der Waals surface area (Å²) in [5, 5.41) is 2.53. The predicted molar refractivity (Wildman–Crippen MR) is 82.9 cm³/mol. The molecule has 0 aliphatic carbocycles. The van der Waals surface area contributed by atoms with Gasteiger partial charge in [0.15, 0.2) is 0 Å². The summed E-state index contributed by atoms with van der Waals surface area (Å²) in [6.07, 6.45) is 0. The van der Waals surface area contributed by atoms with E-state index in [2.05, 4.69) is 5.32 Å². The Bertz CT molecular complexity index is 634. The van der Waals surface area contributed by atoms with Gasteiger partial charge >= 0.3 is 0 Å². The van der Waals surface area contributed by atoms with Gasteiger partial charge in [0.05, 0.1) is 22.2 Å². The first kappa shape index (κ1) is 18.5. The molecule has 1 N–H and O–H groups in total. The number of nitrogens with one attached hydrogen (secondary N) is 1. The Hall–Kier alpha value is -0.530. The Morgan fingerprint density at radius 1 is 1.33 bits per heavy atom. The zero-order chi connectivity index (χ0) is 16.2. The highest BCUT2D eigenvalue weighted by Gasteiger charge is 2.21. The average molecular weight is 375 g/mol. The summed E-state index contributed by atoms with van der Waals surface area (Å²) in [4.78, 5) is 11.7. The molecule has 1 aromatic carbocycles. The van der Waals surface area contributed by atoms with Gasteiger partial charge in [-0.25, -0.2) is 8.42 Å². The van der Waals surface area contributed by atoms with Crippen LogP contribution in [-0.4, -0.2) is 33.6 Å². The molecule has 5 nitrogen and oxygen atoms in total. The second-order valence-corrected chi connectivity index (χ2v) is 7.58. The Balaban J connectivity index is 3.05. The quantitative estimate of drug-likeness (QED) is 0.777. The maximum Gasteiger partial charge on any atom is 0.262 e. The van der Waals surface area contributed by atoms with Crippen LogP contribution < -0.4 is 5.32 Å². The van der Waals surface area contributed by atoms with E-state index in [0.29, 0.717) is 13.2 Å². The van der Waals surface area contributed by atoms with Gasteiger partial charge in [-0.1, -0.05) is 23.2 Å². The fourth-order valence-corrected chi connectivity index (χ4v) is 3.35. The number of halogens is 3. The van der Waals surface area contributed by atoms with Gasteiger partial charge in [0, 0.05) is 23.3 Å². The van der Waals surface area contributed by atoms with Gasteiger partial charge in [0.1, 0.15) is 4.90 Å². The summed E-state index contributed by atoms with van der Waals surface area (Å²) < 4.78 is 28.0. The van der Waals surface area contributed by atoms with E-state index in [9.17, 15) is 13.2 Å². The molecule has 0 saturated heterocycles. The summed E-state index contributed by atoms with van der Waals surface area (Å²) in [5.41, 5.74) is -0.0244. The van der Waals surface area contributed by atoms with Crippen molar-refractivity contribution in [3.8, 4) is 0 Å². The number of hydrogen-bond donors (Lipinski definition) is 1. The lowest BCUT2D eigenvalue weighted by atomic mass is 10.2. The first-order valence-electron chi connectivity index (χ1n) is 5.99. The molecule has 0 heterocycles. The van der Waals surface area contributed by atoms with Crippen LogP contribution in [0.4, 0.5) is 0 Å². The van der Waals surface area contributed by atoms with Crippen LogP contribution in [0.15, 0.2) is 17.0 Å². The Morgan fingerprint density at radius 2 is 1.95 bits per heavy atom. The summed E-state index contributed by atoms with van der Waals surface area (Å²) in [6.45, 7) is 4.43. The molecule has 0 aromatic heterocycles. The summed E-state index contributed by atoms with van der Waals surface area (Å²) in [7, 11) is 1.19. The summed E-state index contributed by atoms with van der Waals surface area (Å²) >= 11 is 11.7. The monoisotopic (exact) mass is 373 g/mol. The molecule has 0 spiro atoms. The molecule has 1 rings (SSSR count). The SMILES string of the molecule is CCOCC(C)NC(=O)c1cc(S(=O)(=O)Cl)c(Cl)cc1Cl. The van der Waals surface area contributed by atoms with E-state index >= 15 is 0 Å². The van der Waals surface area contributed by atoms with Crippen LogP contribution in [-0.2, 0) is 13.8 Å². The Labute approximate surface area is 137 Å². The van der Waals surface area contributed by atoms with Gasteiger partial charge in [-0.3, -0.25) is 4.79 Å². The molecule has 1 aromatic rings. The van der Waals surface area contributed by atoms with Gasteiger partial charge in [-0.2, -0.15) is 0 Å². The van der Waals surface area contributed by atoms with Crippen LogP contribution in [0.2, 0.25) is 10.0 Å². The molecule has 1 atom stereocenters. The third-order valence-electron chi connectivity index (χ3n) is 2.48. The molecule has 0 radical (unpaired) electrons. The molecular formula is C12H14Cl3NO4S. The molecule has 0 aliphatic heterocycles. The molecule has 0 bridgehead atoms. The number of carbonyl (C=O) groups excluding carboxylic acids is 1. The average Bonchev–Trinajstić information content (AvgIpc) is 2.34. The van der Waals surface area contributed by atoms with Crippen LogP contribution in [0.25, 0.3) is 0 Å². The largest absolute Gasteiger partial charge is 0.380 e. The molecule has 0 fully saturated rings. The van der Waals surface area contributed by atoms with Crippen LogP contribution >= 0.6 is 33.9 Å². The van der Waals surface area contributed by atoms with Crippen molar-refractivity contribution in [2.75, 3.05) is 13.2 Å². The van der Waals surface area contributed by atoms with E-state index in [4.69, 9.17) is 38.6 Å². The minimum atomic E-state index is -4.07. The van der Waals surface area contributed by atoms with Crippen LogP contribution in [0.1, 0.15) is 24.2 Å². The van der Waals surface area contributed by atoms with Crippen molar-refractivity contribution in [2.45, 2.75) is 24.8 Å². The number of rotatable bonds is 6. The fourth-order valence-electron chi connectivity index (χ4n) is 1.53. The lowest BCUT2D eigenvalue weighted by Gasteiger charge is -2.15. The first-order valence-corrected chi connectivity index (χ1v) is 9.05. The van der Waals surface area contributed by atoms with Crippen LogP contribution in [0.5, 0.6) is 0 Å². The van der Waals surface area contributed by atoms with Crippen molar-refractivity contribution in [3.05, 3.63) is 27.7 Å². The van der Waals surface area contributed by atoms with Gasteiger partial charge < -0.3 is 10.1 Å². The summed E-state index contributed by atoms with van der Waals surface area (Å²) in [5.74, 6) is -0.537. The Morgan fingerprint density at radius 3 is 2.48 bits per heavy atom. The lowest BCUT2D eigenvalue weighted by molar-refractivity contribution is 0.0872. The minimum absolute atomic E-state index is 0.0244. The smallest absolute Gasteiger partial charge is 0.262 e. The van der Waals surface area contributed by atoms with E-state index < -0.39 is 15.0 Å². The zero-order valence-corrected chi connectivity index (χ0v) is 14.4. The van der Waals surface area contributed by atoms with Crippen molar-refractivity contribution in [3.63, 3.8) is 0 Å². The minimum Gasteiger partial charge on any atom is -0.380 e. The highest BCUT2D eigenvalue weighted by Crippen LogP contribution is 2.30. The Kier molecular flexibility index (Phi) is 6.74.